The molecule has 0 spiro atoms. The molecule has 0 unspecified atom stereocenters. The summed E-state index contributed by atoms with van der Waals surface area (Å²) >= 11 is 1.46. The van der Waals surface area contributed by atoms with Gasteiger partial charge in [-0.15, -0.1) is 11.3 Å². The summed E-state index contributed by atoms with van der Waals surface area (Å²) in [4.78, 5) is 33.7. The fourth-order valence-corrected chi connectivity index (χ4v) is 4.46. The largest absolute Gasteiger partial charge is 0.403 e. The van der Waals surface area contributed by atoms with Crippen molar-refractivity contribution < 1.29 is 9.59 Å². The first-order valence-corrected chi connectivity index (χ1v) is 15.3. The van der Waals surface area contributed by atoms with Crippen molar-refractivity contribution in [1.29, 1.82) is 0 Å². The normalized spacial score (nSPS) is 12.2. The number of thiophene rings is 1. The lowest BCUT2D eigenvalue weighted by atomic mass is 9.96. The average Bonchev–Trinajstić information content (AvgIpc) is 3.42. The summed E-state index contributed by atoms with van der Waals surface area (Å²) in [5.41, 5.74) is 14.1. The minimum atomic E-state index is -0.318. The second-order valence-corrected chi connectivity index (χ2v) is 10.4. The van der Waals surface area contributed by atoms with Crippen LogP contribution in [0, 0.1) is 5.92 Å². The molecule has 1 aliphatic carbocycles. The zero-order valence-electron chi connectivity index (χ0n) is 25.5. The molecule has 1 aromatic carbocycles. The minimum Gasteiger partial charge on any atom is -0.403 e. The number of nitrogens with two attached hydrogens (primary N) is 2. The van der Waals surface area contributed by atoms with Gasteiger partial charge in [0, 0.05) is 42.3 Å². The maximum atomic E-state index is 11.9. The van der Waals surface area contributed by atoms with Crippen LogP contribution < -0.4 is 22.1 Å². The zero-order valence-corrected chi connectivity index (χ0v) is 26.3. The average molecular weight is 581 g/mol. The number of fused-ring (bicyclic) bond motifs is 2. The highest BCUT2D eigenvalue weighted by atomic mass is 32.1. The van der Waals surface area contributed by atoms with Gasteiger partial charge in [0.15, 0.2) is 0 Å². The van der Waals surface area contributed by atoms with E-state index in [2.05, 4.69) is 42.5 Å². The van der Waals surface area contributed by atoms with E-state index < -0.39 is 0 Å². The van der Waals surface area contributed by atoms with E-state index in [4.69, 9.17) is 16.5 Å². The smallest absolute Gasteiger partial charge is 0.275 e. The summed E-state index contributed by atoms with van der Waals surface area (Å²) < 4.78 is 0. The standard InChI is InChI=1S/C14H17N3OS.C11H13N3O.C5H12.C2H6/c15-5-6-16-13(18)12-8-10-7-9-3-1-2-4-11(9)17-14(10)19-12;1-2-13-10(8-12)11(15)14-9-6-4-3-5-7-9;1-4-5(2)3;1-2/h7-8H,1-6,15H2,(H,16,18);2-8H,12H2,1H3,(H,14,15);5H,4H2,1-3H3;1-2H3/b;10-8-,13-2?;;. The van der Waals surface area contributed by atoms with Crippen molar-refractivity contribution in [2.45, 2.75) is 73.6 Å². The molecule has 8 nitrogen and oxygen atoms in total. The van der Waals surface area contributed by atoms with Crippen LogP contribution in [0.5, 0.6) is 0 Å². The molecular weight excluding hydrogens is 532 g/mol. The number of amides is 2. The van der Waals surface area contributed by atoms with E-state index in [9.17, 15) is 9.59 Å². The number of nitrogens with one attached hydrogen (secondary N) is 2. The van der Waals surface area contributed by atoms with Crippen LogP contribution in [-0.2, 0) is 17.6 Å². The van der Waals surface area contributed by atoms with Gasteiger partial charge in [-0.05, 0) is 68.4 Å². The number of aryl methyl sites for hydroxylation is 2. The van der Waals surface area contributed by atoms with Gasteiger partial charge in [0.2, 0.25) is 0 Å². The second-order valence-electron chi connectivity index (χ2n) is 9.41. The van der Waals surface area contributed by atoms with Crippen LogP contribution in [0.15, 0.2) is 59.4 Å². The number of carbonyl (C=O) groups is 2. The number of carbonyl (C=O) groups excluding carboxylic acids is 2. The highest BCUT2D eigenvalue weighted by Gasteiger charge is 2.15. The zero-order chi connectivity index (χ0) is 30.6. The lowest BCUT2D eigenvalue weighted by Gasteiger charge is -2.13. The third kappa shape index (κ3) is 12.7. The highest BCUT2D eigenvalue weighted by molar-refractivity contribution is 7.20. The van der Waals surface area contributed by atoms with Gasteiger partial charge >= 0.3 is 0 Å². The number of pyridine rings is 1. The van der Waals surface area contributed by atoms with Gasteiger partial charge in [0.25, 0.3) is 11.8 Å². The molecule has 224 valence electrons. The number of rotatable bonds is 7. The molecule has 0 atom stereocenters. The Morgan fingerprint density at radius 1 is 1.12 bits per heavy atom. The third-order valence-corrected chi connectivity index (χ3v) is 6.99. The van der Waals surface area contributed by atoms with Gasteiger partial charge in [-0.2, -0.15) is 0 Å². The number of aliphatic imine (C=N–C) groups is 1. The van der Waals surface area contributed by atoms with Crippen LogP contribution in [0.3, 0.4) is 0 Å². The molecule has 0 saturated heterocycles. The minimum absolute atomic E-state index is 0.0496. The molecule has 1 aliphatic rings. The van der Waals surface area contributed by atoms with E-state index >= 15 is 0 Å². The van der Waals surface area contributed by atoms with Crippen molar-refractivity contribution in [2.24, 2.45) is 22.4 Å². The molecule has 0 aliphatic heterocycles. The molecule has 2 heterocycles. The van der Waals surface area contributed by atoms with Crippen LogP contribution in [-0.4, -0.2) is 36.1 Å². The number of nitrogens with zero attached hydrogens (tertiary/aromatic N) is 2. The number of para-hydroxylation sites is 1. The fourth-order valence-electron chi connectivity index (χ4n) is 3.51. The monoisotopic (exact) mass is 580 g/mol. The molecule has 0 fully saturated rings. The SMILES string of the molecule is CC.CC=N/C(=C\N)C(=O)Nc1ccccc1.CCC(C)C.NCCNC(=O)c1cc2cc3c(nc2s1)CCCC3. The number of anilines is 1. The first kappa shape index (κ1) is 35.5. The summed E-state index contributed by atoms with van der Waals surface area (Å²) in [6.07, 6.45) is 8.65. The summed E-state index contributed by atoms with van der Waals surface area (Å²) in [7, 11) is 0. The van der Waals surface area contributed by atoms with E-state index in [1.807, 2.05) is 38.1 Å². The van der Waals surface area contributed by atoms with Crippen LogP contribution in [0.25, 0.3) is 10.2 Å². The predicted molar refractivity (Wildman–Crippen MR) is 176 cm³/mol. The van der Waals surface area contributed by atoms with E-state index in [1.54, 1.807) is 19.1 Å². The number of hydrogen-bond donors (Lipinski definition) is 4. The van der Waals surface area contributed by atoms with Crippen molar-refractivity contribution in [3.63, 3.8) is 0 Å². The lowest BCUT2D eigenvalue weighted by molar-refractivity contribution is -0.112. The van der Waals surface area contributed by atoms with Crippen LogP contribution in [0.2, 0.25) is 0 Å². The van der Waals surface area contributed by atoms with Crippen LogP contribution >= 0.6 is 11.3 Å². The van der Waals surface area contributed by atoms with E-state index in [0.717, 1.165) is 33.9 Å². The molecule has 41 heavy (non-hydrogen) atoms. The molecular formula is C32H48N6O2S. The van der Waals surface area contributed by atoms with Crippen molar-refractivity contribution in [1.82, 2.24) is 10.3 Å². The quantitative estimate of drug-likeness (QED) is 0.188. The topological polar surface area (TPSA) is 135 Å². The Hall–Kier alpha value is -3.56. The molecule has 9 heteroatoms. The molecule has 2 amide bonds. The fraction of sp³-hybridized carbons (Fsp3) is 0.438. The van der Waals surface area contributed by atoms with E-state index in [0.29, 0.717) is 18.8 Å². The van der Waals surface area contributed by atoms with Gasteiger partial charge in [0.1, 0.15) is 10.5 Å². The van der Waals surface area contributed by atoms with Gasteiger partial charge in [-0.1, -0.05) is 59.2 Å². The summed E-state index contributed by atoms with van der Waals surface area (Å²) in [6.45, 7) is 13.3. The molecule has 0 saturated carbocycles. The Bertz CT molecular complexity index is 1210. The van der Waals surface area contributed by atoms with Gasteiger partial charge in [-0.25, -0.2) is 4.98 Å². The highest BCUT2D eigenvalue weighted by Crippen LogP contribution is 2.29. The van der Waals surface area contributed by atoms with Crippen LogP contribution in [0.1, 0.15) is 81.7 Å². The molecule has 4 rings (SSSR count). The van der Waals surface area contributed by atoms with Gasteiger partial charge in [-0.3, -0.25) is 14.6 Å². The van der Waals surface area contributed by atoms with Gasteiger partial charge in [0.05, 0.1) is 4.88 Å². The van der Waals surface area contributed by atoms with E-state index in [-0.39, 0.29) is 17.5 Å². The van der Waals surface area contributed by atoms with Crippen molar-refractivity contribution in [2.75, 3.05) is 18.4 Å². The number of aromatic nitrogens is 1. The molecule has 3 aromatic rings. The molecule has 0 radical (unpaired) electrons. The molecule has 0 bridgehead atoms. The first-order chi connectivity index (χ1) is 19.8. The van der Waals surface area contributed by atoms with Crippen molar-refractivity contribution in [3.8, 4) is 0 Å². The lowest BCUT2D eigenvalue weighted by Crippen LogP contribution is -2.28. The summed E-state index contributed by atoms with van der Waals surface area (Å²) in [5, 5.41) is 6.56. The molecule has 6 N–H and O–H groups in total. The maximum Gasteiger partial charge on any atom is 0.275 e. The third-order valence-electron chi connectivity index (χ3n) is 5.95. The first-order valence-electron chi connectivity index (χ1n) is 14.5. The van der Waals surface area contributed by atoms with Crippen molar-refractivity contribution in [3.05, 3.63) is 70.5 Å². The Labute approximate surface area is 249 Å². The second kappa shape index (κ2) is 20.3. The van der Waals surface area contributed by atoms with Crippen molar-refractivity contribution >= 4 is 45.3 Å². The Morgan fingerprint density at radius 3 is 2.37 bits per heavy atom. The van der Waals surface area contributed by atoms with Gasteiger partial charge < -0.3 is 22.1 Å². The maximum absolute atomic E-state index is 11.9. The number of benzene rings is 1. The Kier molecular flexibility index (Phi) is 17.6. The number of hydrogen-bond acceptors (Lipinski definition) is 7. The predicted octanol–water partition coefficient (Wildman–Crippen LogP) is 6.46. The Morgan fingerprint density at radius 2 is 1.78 bits per heavy atom. The van der Waals surface area contributed by atoms with Crippen LogP contribution in [0.4, 0.5) is 5.69 Å². The Balaban J connectivity index is 0.000000342. The summed E-state index contributed by atoms with van der Waals surface area (Å²) in [6, 6.07) is 13.3. The van der Waals surface area contributed by atoms with E-state index in [1.165, 1.54) is 54.3 Å². The molecule has 2 aromatic heterocycles. The summed E-state index contributed by atoms with van der Waals surface area (Å²) in [5.74, 6) is 0.517.